The van der Waals surface area contributed by atoms with E-state index in [0.29, 0.717) is 6.04 Å². The molecule has 3 heteroatoms. The molecule has 0 saturated heterocycles. The summed E-state index contributed by atoms with van der Waals surface area (Å²) in [5.41, 5.74) is 3.71. The summed E-state index contributed by atoms with van der Waals surface area (Å²) in [6.07, 6.45) is 0. The highest BCUT2D eigenvalue weighted by atomic mass is 127. The fourth-order valence-electron chi connectivity index (χ4n) is 2.13. The minimum Gasteiger partial charge on any atom is -0.381 e. The molecule has 2 N–H and O–H groups in total. The van der Waals surface area contributed by atoms with Crippen molar-refractivity contribution in [3.05, 3.63) is 57.7 Å². The first-order valence-electron chi connectivity index (χ1n) is 5.68. The quantitative estimate of drug-likeness (QED) is 0.773. The van der Waals surface area contributed by atoms with Crippen molar-refractivity contribution in [1.29, 1.82) is 0 Å². The van der Waals surface area contributed by atoms with Crippen LogP contribution in [0.25, 0.3) is 0 Å². The lowest BCUT2D eigenvalue weighted by molar-refractivity contribution is 0.803. The van der Waals surface area contributed by atoms with Crippen LogP contribution in [0, 0.1) is 3.57 Å². The van der Waals surface area contributed by atoms with E-state index in [4.69, 9.17) is 0 Å². The van der Waals surface area contributed by atoms with Gasteiger partial charge in [-0.15, -0.1) is 0 Å². The molecule has 0 amide bonds. The molecule has 0 spiro atoms. The van der Waals surface area contributed by atoms with Gasteiger partial charge in [-0.2, -0.15) is 0 Å². The van der Waals surface area contributed by atoms with Gasteiger partial charge < -0.3 is 10.6 Å². The van der Waals surface area contributed by atoms with E-state index >= 15 is 0 Å². The molecule has 1 unspecified atom stereocenters. The molecule has 2 aromatic rings. The van der Waals surface area contributed by atoms with Crippen molar-refractivity contribution >= 4 is 34.0 Å². The minimum absolute atomic E-state index is 0.351. The summed E-state index contributed by atoms with van der Waals surface area (Å²) in [5, 5.41) is 7.06. The van der Waals surface area contributed by atoms with E-state index in [1.54, 1.807) is 0 Å². The van der Waals surface area contributed by atoms with Gasteiger partial charge in [0.2, 0.25) is 0 Å². The molecule has 2 nitrogen and oxygen atoms in total. The van der Waals surface area contributed by atoms with E-state index in [1.807, 2.05) is 0 Å². The summed E-state index contributed by atoms with van der Waals surface area (Å²) in [6, 6.07) is 17.3. The Morgan fingerprint density at radius 2 is 1.82 bits per heavy atom. The maximum Gasteiger partial charge on any atom is 0.0687 e. The van der Waals surface area contributed by atoms with Crippen LogP contribution in [-0.2, 0) is 0 Å². The van der Waals surface area contributed by atoms with Crippen molar-refractivity contribution in [2.75, 3.05) is 17.2 Å². The molecular weight excluding hydrogens is 323 g/mol. The summed E-state index contributed by atoms with van der Waals surface area (Å²) in [6.45, 7) is 0.928. The smallest absolute Gasteiger partial charge is 0.0687 e. The first-order chi connectivity index (χ1) is 8.33. The Kier molecular flexibility index (Phi) is 2.93. The number of halogens is 1. The van der Waals surface area contributed by atoms with Crippen LogP contribution in [0.2, 0.25) is 0 Å². The first-order valence-corrected chi connectivity index (χ1v) is 6.76. The minimum atomic E-state index is 0.351. The number of benzene rings is 2. The highest BCUT2D eigenvalue weighted by molar-refractivity contribution is 14.1. The van der Waals surface area contributed by atoms with Crippen molar-refractivity contribution in [2.45, 2.75) is 6.04 Å². The van der Waals surface area contributed by atoms with Crippen molar-refractivity contribution < 1.29 is 0 Å². The Labute approximate surface area is 115 Å². The van der Waals surface area contributed by atoms with Crippen LogP contribution in [0.1, 0.15) is 11.6 Å². The first kappa shape index (κ1) is 10.9. The molecule has 3 rings (SSSR count). The van der Waals surface area contributed by atoms with Crippen molar-refractivity contribution in [1.82, 2.24) is 0 Å². The SMILES string of the molecule is Ic1ccc2c(c1)NCC(c1ccccc1)N2. The molecule has 17 heavy (non-hydrogen) atoms. The van der Waals surface area contributed by atoms with Gasteiger partial charge in [0.1, 0.15) is 0 Å². The van der Waals surface area contributed by atoms with Crippen LogP contribution in [0.4, 0.5) is 11.4 Å². The molecule has 0 aliphatic carbocycles. The van der Waals surface area contributed by atoms with Crippen molar-refractivity contribution in [2.24, 2.45) is 0 Å². The highest BCUT2D eigenvalue weighted by Gasteiger charge is 2.18. The van der Waals surface area contributed by atoms with Crippen LogP contribution in [-0.4, -0.2) is 6.54 Å². The molecule has 1 aliphatic heterocycles. The van der Waals surface area contributed by atoms with Crippen LogP contribution in [0.15, 0.2) is 48.5 Å². The van der Waals surface area contributed by atoms with E-state index in [2.05, 4.69) is 81.8 Å². The van der Waals surface area contributed by atoms with Crippen LogP contribution >= 0.6 is 22.6 Å². The zero-order chi connectivity index (χ0) is 11.7. The zero-order valence-corrected chi connectivity index (χ0v) is 11.4. The second-order valence-electron chi connectivity index (χ2n) is 4.18. The van der Waals surface area contributed by atoms with Crippen molar-refractivity contribution in [3.63, 3.8) is 0 Å². The maximum atomic E-state index is 3.57. The molecule has 0 bridgehead atoms. The largest absolute Gasteiger partial charge is 0.381 e. The van der Waals surface area contributed by atoms with Gasteiger partial charge in [0, 0.05) is 10.1 Å². The maximum absolute atomic E-state index is 3.57. The normalized spacial score (nSPS) is 17.8. The lowest BCUT2D eigenvalue weighted by Gasteiger charge is -2.28. The number of hydrogen-bond donors (Lipinski definition) is 2. The Hall–Kier alpha value is -1.23. The molecule has 0 radical (unpaired) electrons. The van der Waals surface area contributed by atoms with E-state index < -0.39 is 0 Å². The van der Waals surface area contributed by atoms with E-state index in [9.17, 15) is 0 Å². The number of fused-ring (bicyclic) bond motifs is 1. The third kappa shape index (κ3) is 2.24. The number of anilines is 2. The Morgan fingerprint density at radius 3 is 2.65 bits per heavy atom. The van der Waals surface area contributed by atoms with Gasteiger partial charge in [-0.25, -0.2) is 0 Å². The molecule has 0 saturated carbocycles. The van der Waals surface area contributed by atoms with Gasteiger partial charge in [0.15, 0.2) is 0 Å². The highest BCUT2D eigenvalue weighted by Crippen LogP contribution is 2.32. The molecule has 0 fully saturated rings. The third-order valence-electron chi connectivity index (χ3n) is 3.01. The van der Waals surface area contributed by atoms with E-state index in [0.717, 1.165) is 6.54 Å². The Balaban J connectivity index is 1.88. The number of rotatable bonds is 1. The monoisotopic (exact) mass is 336 g/mol. The lowest BCUT2D eigenvalue weighted by atomic mass is 10.0. The summed E-state index contributed by atoms with van der Waals surface area (Å²) in [4.78, 5) is 0. The second-order valence-corrected chi connectivity index (χ2v) is 5.42. The van der Waals surface area contributed by atoms with Crippen LogP contribution in [0.3, 0.4) is 0 Å². The topological polar surface area (TPSA) is 24.1 Å². The van der Waals surface area contributed by atoms with Gasteiger partial charge in [-0.1, -0.05) is 30.3 Å². The Bertz CT molecular complexity index is 525. The molecule has 1 heterocycles. The number of nitrogens with one attached hydrogen (secondary N) is 2. The zero-order valence-electron chi connectivity index (χ0n) is 9.28. The summed E-state index contributed by atoms with van der Waals surface area (Å²) >= 11 is 2.33. The molecule has 1 aliphatic rings. The predicted octanol–water partition coefficient (Wildman–Crippen LogP) is 3.87. The molecule has 0 aromatic heterocycles. The van der Waals surface area contributed by atoms with Gasteiger partial charge in [-0.05, 0) is 46.4 Å². The standard InChI is InChI=1S/C14H13IN2/c15-11-6-7-12-13(8-11)16-9-14(17-12)10-4-2-1-3-5-10/h1-8,14,16-17H,9H2. The molecular formula is C14H13IN2. The second kappa shape index (κ2) is 4.56. The molecule has 2 aromatic carbocycles. The summed E-state index contributed by atoms with van der Waals surface area (Å²) in [7, 11) is 0. The van der Waals surface area contributed by atoms with E-state index in [1.165, 1.54) is 20.5 Å². The number of hydrogen-bond acceptors (Lipinski definition) is 2. The molecule has 86 valence electrons. The predicted molar refractivity (Wildman–Crippen MR) is 80.5 cm³/mol. The summed E-state index contributed by atoms with van der Waals surface area (Å²) in [5.74, 6) is 0. The third-order valence-corrected chi connectivity index (χ3v) is 3.68. The fourth-order valence-corrected chi connectivity index (χ4v) is 2.62. The van der Waals surface area contributed by atoms with Crippen LogP contribution < -0.4 is 10.6 Å². The molecule has 1 atom stereocenters. The van der Waals surface area contributed by atoms with Gasteiger partial charge >= 0.3 is 0 Å². The average molecular weight is 336 g/mol. The lowest BCUT2D eigenvalue weighted by Crippen LogP contribution is -2.25. The van der Waals surface area contributed by atoms with Gasteiger partial charge in [-0.3, -0.25) is 0 Å². The van der Waals surface area contributed by atoms with E-state index in [-0.39, 0.29) is 0 Å². The van der Waals surface area contributed by atoms with Gasteiger partial charge in [0.05, 0.1) is 17.4 Å². The van der Waals surface area contributed by atoms with Crippen LogP contribution in [0.5, 0.6) is 0 Å². The fraction of sp³-hybridized carbons (Fsp3) is 0.143. The average Bonchev–Trinajstić information content (AvgIpc) is 2.39. The van der Waals surface area contributed by atoms with Crippen molar-refractivity contribution in [3.8, 4) is 0 Å². The summed E-state index contributed by atoms with van der Waals surface area (Å²) < 4.78 is 1.26. The Morgan fingerprint density at radius 1 is 1.00 bits per heavy atom. The van der Waals surface area contributed by atoms with Gasteiger partial charge in [0.25, 0.3) is 0 Å².